The van der Waals surface area contributed by atoms with Gasteiger partial charge in [-0.1, -0.05) is 24.3 Å². The van der Waals surface area contributed by atoms with E-state index in [0.29, 0.717) is 17.0 Å². The second-order valence-electron chi connectivity index (χ2n) is 4.95. The van der Waals surface area contributed by atoms with E-state index in [4.69, 9.17) is 10.00 Å². The molecular formula is C18H17N3O3. The van der Waals surface area contributed by atoms with Crippen molar-refractivity contribution in [2.75, 3.05) is 12.4 Å². The van der Waals surface area contributed by atoms with E-state index in [0.717, 1.165) is 5.56 Å². The van der Waals surface area contributed by atoms with Gasteiger partial charge in [0.1, 0.15) is 12.2 Å². The van der Waals surface area contributed by atoms with Crippen LogP contribution in [-0.2, 0) is 11.3 Å². The third kappa shape index (κ3) is 4.58. The van der Waals surface area contributed by atoms with E-state index in [-0.39, 0.29) is 24.8 Å². The molecule has 0 bridgehead atoms. The van der Waals surface area contributed by atoms with Gasteiger partial charge in [-0.25, -0.2) is 0 Å². The average Bonchev–Trinajstić information content (AvgIpc) is 2.61. The number of rotatable bonds is 6. The normalized spacial score (nSPS) is 9.67. The van der Waals surface area contributed by atoms with E-state index in [1.54, 1.807) is 48.5 Å². The van der Waals surface area contributed by atoms with Crippen LogP contribution >= 0.6 is 0 Å². The van der Waals surface area contributed by atoms with E-state index in [1.165, 1.54) is 7.11 Å². The molecule has 2 N–H and O–H groups in total. The number of nitriles is 1. The quantitative estimate of drug-likeness (QED) is 0.854. The molecule has 0 unspecified atom stereocenters. The van der Waals surface area contributed by atoms with E-state index >= 15 is 0 Å². The molecule has 0 aliphatic rings. The molecule has 0 aromatic heterocycles. The van der Waals surface area contributed by atoms with Crippen LogP contribution in [0.3, 0.4) is 0 Å². The van der Waals surface area contributed by atoms with Crippen molar-refractivity contribution in [2.45, 2.75) is 13.0 Å². The van der Waals surface area contributed by atoms with Gasteiger partial charge >= 0.3 is 0 Å². The first-order valence-corrected chi connectivity index (χ1v) is 7.31. The van der Waals surface area contributed by atoms with Crippen LogP contribution in [0.15, 0.2) is 48.5 Å². The van der Waals surface area contributed by atoms with Gasteiger partial charge < -0.3 is 15.4 Å². The summed E-state index contributed by atoms with van der Waals surface area (Å²) in [5.74, 6) is -0.0251. The third-order valence-electron chi connectivity index (χ3n) is 3.30. The fourth-order valence-electron chi connectivity index (χ4n) is 2.10. The highest BCUT2D eigenvalue weighted by Gasteiger charge is 2.09. The molecule has 2 rings (SSSR count). The zero-order valence-corrected chi connectivity index (χ0v) is 13.2. The molecule has 0 atom stereocenters. The smallest absolute Gasteiger partial charge is 0.251 e. The second-order valence-corrected chi connectivity index (χ2v) is 4.95. The summed E-state index contributed by atoms with van der Waals surface area (Å²) in [6, 6.07) is 15.7. The first kappa shape index (κ1) is 17.0. The molecular weight excluding hydrogens is 306 g/mol. The number of amides is 2. The third-order valence-corrected chi connectivity index (χ3v) is 3.30. The Balaban J connectivity index is 2.05. The van der Waals surface area contributed by atoms with Gasteiger partial charge in [0, 0.05) is 17.8 Å². The van der Waals surface area contributed by atoms with Crippen molar-refractivity contribution >= 4 is 17.5 Å². The fourth-order valence-corrected chi connectivity index (χ4v) is 2.10. The number of anilines is 1. The maximum Gasteiger partial charge on any atom is 0.251 e. The summed E-state index contributed by atoms with van der Waals surface area (Å²) in [7, 11) is 1.54. The number of para-hydroxylation sites is 1. The molecule has 0 saturated carbocycles. The first-order valence-electron chi connectivity index (χ1n) is 7.31. The van der Waals surface area contributed by atoms with Gasteiger partial charge in [0.15, 0.2) is 0 Å². The lowest BCUT2D eigenvalue weighted by Gasteiger charge is -2.11. The van der Waals surface area contributed by atoms with Crippen molar-refractivity contribution in [2.24, 2.45) is 0 Å². The van der Waals surface area contributed by atoms with Gasteiger partial charge in [-0.05, 0) is 29.8 Å². The van der Waals surface area contributed by atoms with Crippen molar-refractivity contribution in [3.05, 3.63) is 59.7 Å². The zero-order chi connectivity index (χ0) is 17.4. The van der Waals surface area contributed by atoms with Crippen LogP contribution in [0.25, 0.3) is 0 Å². The monoisotopic (exact) mass is 323 g/mol. The minimum atomic E-state index is -0.385. The van der Waals surface area contributed by atoms with Crippen LogP contribution < -0.4 is 15.4 Å². The topological polar surface area (TPSA) is 91.2 Å². The van der Waals surface area contributed by atoms with Crippen molar-refractivity contribution < 1.29 is 14.3 Å². The second kappa shape index (κ2) is 8.34. The average molecular weight is 323 g/mol. The molecule has 0 fully saturated rings. The van der Waals surface area contributed by atoms with Gasteiger partial charge in [-0.3, -0.25) is 9.59 Å². The van der Waals surface area contributed by atoms with Gasteiger partial charge in [-0.2, -0.15) is 5.26 Å². The van der Waals surface area contributed by atoms with Gasteiger partial charge in [0.2, 0.25) is 5.91 Å². The van der Waals surface area contributed by atoms with Crippen LogP contribution in [0.4, 0.5) is 5.69 Å². The molecule has 0 heterocycles. The minimum absolute atomic E-state index is 0.218. The Kier molecular flexibility index (Phi) is 5.92. The van der Waals surface area contributed by atoms with Crippen LogP contribution in [0.1, 0.15) is 22.3 Å². The molecule has 0 radical (unpaired) electrons. The summed E-state index contributed by atoms with van der Waals surface area (Å²) < 4.78 is 5.10. The molecule has 0 spiro atoms. The summed E-state index contributed by atoms with van der Waals surface area (Å²) in [6.45, 7) is 0.249. The van der Waals surface area contributed by atoms with Crippen molar-refractivity contribution in [3.63, 3.8) is 0 Å². The number of carbonyl (C=O) groups is 2. The molecule has 122 valence electrons. The number of methoxy groups -OCH3 is 1. The standard InChI is InChI=1S/C18H17N3O3/c1-24-15-7-4-6-13(11-15)18(23)20-12-14-5-2-3-8-16(14)21-17(22)9-10-19/h2-8,11H,9,12H2,1H3,(H,20,23)(H,21,22). The van der Waals surface area contributed by atoms with Crippen LogP contribution in [-0.4, -0.2) is 18.9 Å². The highest BCUT2D eigenvalue weighted by atomic mass is 16.5. The predicted molar refractivity (Wildman–Crippen MR) is 89.5 cm³/mol. The molecule has 6 nitrogen and oxygen atoms in total. The molecule has 2 aromatic carbocycles. The molecule has 0 aliphatic carbocycles. The zero-order valence-electron chi connectivity index (χ0n) is 13.2. The summed E-state index contributed by atoms with van der Waals surface area (Å²) in [4.78, 5) is 23.8. The molecule has 6 heteroatoms. The molecule has 2 aromatic rings. The van der Waals surface area contributed by atoms with Crippen LogP contribution in [0.2, 0.25) is 0 Å². The number of carbonyl (C=O) groups excluding carboxylic acids is 2. The Morgan fingerprint density at radius 3 is 2.71 bits per heavy atom. The number of nitrogens with zero attached hydrogens (tertiary/aromatic N) is 1. The maximum atomic E-state index is 12.2. The minimum Gasteiger partial charge on any atom is -0.497 e. The van der Waals surface area contributed by atoms with E-state index < -0.39 is 0 Å². The number of benzene rings is 2. The highest BCUT2D eigenvalue weighted by Crippen LogP contribution is 2.16. The van der Waals surface area contributed by atoms with Crippen LogP contribution in [0.5, 0.6) is 5.75 Å². The summed E-state index contributed by atoms with van der Waals surface area (Å²) in [5, 5.41) is 14.0. The van der Waals surface area contributed by atoms with E-state index in [1.807, 2.05) is 6.07 Å². The molecule has 0 saturated heterocycles. The first-order chi connectivity index (χ1) is 11.6. The molecule has 2 amide bonds. The lowest BCUT2D eigenvalue weighted by atomic mass is 10.1. The Labute approximate surface area is 140 Å². The number of hydrogen-bond donors (Lipinski definition) is 2. The number of hydrogen-bond acceptors (Lipinski definition) is 4. The van der Waals surface area contributed by atoms with Gasteiger partial charge in [0.05, 0.1) is 13.2 Å². The summed E-state index contributed by atoms with van der Waals surface area (Å²) in [6.07, 6.45) is -0.218. The summed E-state index contributed by atoms with van der Waals surface area (Å²) >= 11 is 0. The summed E-state index contributed by atoms with van der Waals surface area (Å²) in [5.41, 5.74) is 1.81. The predicted octanol–water partition coefficient (Wildman–Crippen LogP) is 2.48. The van der Waals surface area contributed by atoms with Crippen molar-refractivity contribution in [1.82, 2.24) is 5.32 Å². The van der Waals surface area contributed by atoms with Crippen molar-refractivity contribution in [1.29, 1.82) is 5.26 Å². The lowest BCUT2D eigenvalue weighted by Crippen LogP contribution is -2.23. The molecule has 0 aliphatic heterocycles. The van der Waals surface area contributed by atoms with Crippen LogP contribution in [0, 0.1) is 11.3 Å². The van der Waals surface area contributed by atoms with Gasteiger partial charge in [0.25, 0.3) is 5.91 Å². The SMILES string of the molecule is COc1cccc(C(=O)NCc2ccccc2NC(=O)CC#N)c1. The van der Waals surface area contributed by atoms with Gasteiger partial charge in [-0.15, -0.1) is 0 Å². The number of ether oxygens (including phenoxy) is 1. The van der Waals surface area contributed by atoms with Crippen molar-refractivity contribution in [3.8, 4) is 11.8 Å². The maximum absolute atomic E-state index is 12.2. The largest absolute Gasteiger partial charge is 0.497 e. The number of nitrogens with one attached hydrogen (secondary N) is 2. The lowest BCUT2D eigenvalue weighted by molar-refractivity contribution is -0.115. The molecule has 24 heavy (non-hydrogen) atoms. The Morgan fingerprint density at radius 1 is 1.17 bits per heavy atom. The highest BCUT2D eigenvalue weighted by molar-refractivity contribution is 5.95. The Hall–Kier alpha value is -3.33. The Bertz CT molecular complexity index is 781. The van der Waals surface area contributed by atoms with E-state index in [2.05, 4.69) is 10.6 Å². The Morgan fingerprint density at radius 2 is 1.96 bits per heavy atom. The van der Waals surface area contributed by atoms with E-state index in [9.17, 15) is 9.59 Å². The fraction of sp³-hybridized carbons (Fsp3) is 0.167.